The molecule has 2 aromatic rings. The molecule has 0 saturated heterocycles. The third-order valence-corrected chi connectivity index (χ3v) is 5.09. The predicted molar refractivity (Wildman–Crippen MR) is 80.2 cm³/mol. The van der Waals surface area contributed by atoms with Crippen LogP contribution in [-0.2, 0) is 12.8 Å². The molecule has 1 heterocycles. The molecule has 100 valence electrons. The van der Waals surface area contributed by atoms with Gasteiger partial charge in [-0.05, 0) is 44.0 Å². The molecule has 2 nitrogen and oxygen atoms in total. The summed E-state index contributed by atoms with van der Waals surface area (Å²) in [5.74, 6) is 0.954. The molecule has 3 rings (SSSR count). The van der Waals surface area contributed by atoms with Crippen LogP contribution in [0.4, 0.5) is 0 Å². The number of hydrogen-bond acceptors (Lipinski definition) is 3. The Morgan fingerprint density at radius 2 is 2.11 bits per heavy atom. The summed E-state index contributed by atoms with van der Waals surface area (Å²) in [5, 5.41) is 3.43. The molecule has 0 spiro atoms. The topological polar surface area (TPSA) is 21.3 Å². The van der Waals surface area contributed by atoms with E-state index in [0.29, 0.717) is 0 Å². The second kappa shape index (κ2) is 5.35. The van der Waals surface area contributed by atoms with E-state index < -0.39 is 0 Å². The lowest BCUT2D eigenvalue weighted by Crippen LogP contribution is -2.17. The van der Waals surface area contributed by atoms with Crippen molar-refractivity contribution in [1.82, 2.24) is 5.32 Å². The van der Waals surface area contributed by atoms with Gasteiger partial charge in [0, 0.05) is 15.3 Å². The van der Waals surface area contributed by atoms with Crippen molar-refractivity contribution in [2.24, 2.45) is 0 Å². The van der Waals surface area contributed by atoms with Gasteiger partial charge in [0.15, 0.2) is 0 Å². The monoisotopic (exact) mass is 273 g/mol. The second-order valence-corrected chi connectivity index (χ2v) is 6.08. The van der Waals surface area contributed by atoms with Gasteiger partial charge in [-0.25, -0.2) is 0 Å². The molecule has 0 amide bonds. The van der Waals surface area contributed by atoms with E-state index in [1.165, 1.54) is 29.7 Å². The summed E-state index contributed by atoms with van der Waals surface area (Å²) in [4.78, 5) is 2.97. The minimum absolute atomic E-state index is 0.228. The molecule has 19 heavy (non-hydrogen) atoms. The zero-order chi connectivity index (χ0) is 13.2. The summed E-state index contributed by atoms with van der Waals surface area (Å²) < 4.78 is 5.49. The Kier molecular flexibility index (Phi) is 3.58. The van der Waals surface area contributed by atoms with Crippen LogP contribution >= 0.6 is 11.3 Å². The summed E-state index contributed by atoms with van der Waals surface area (Å²) in [6, 6.07) is 10.9. The number of methoxy groups -OCH3 is 1. The number of rotatable bonds is 4. The average Bonchev–Trinajstić information content (AvgIpc) is 3.01. The van der Waals surface area contributed by atoms with Gasteiger partial charge in [0.25, 0.3) is 0 Å². The molecule has 1 atom stereocenters. The van der Waals surface area contributed by atoms with Crippen molar-refractivity contribution >= 4 is 11.3 Å². The van der Waals surface area contributed by atoms with Gasteiger partial charge in [0.05, 0.1) is 13.2 Å². The van der Waals surface area contributed by atoms with Gasteiger partial charge in [-0.2, -0.15) is 0 Å². The Labute approximate surface area is 118 Å². The van der Waals surface area contributed by atoms with Crippen molar-refractivity contribution in [2.75, 3.05) is 14.2 Å². The van der Waals surface area contributed by atoms with E-state index in [-0.39, 0.29) is 6.04 Å². The fourth-order valence-electron chi connectivity index (χ4n) is 2.85. The first-order valence-corrected chi connectivity index (χ1v) is 7.56. The van der Waals surface area contributed by atoms with E-state index in [1.807, 2.05) is 30.5 Å². The van der Waals surface area contributed by atoms with Crippen molar-refractivity contribution in [3.63, 3.8) is 0 Å². The lowest BCUT2D eigenvalue weighted by Gasteiger charge is -2.18. The molecular formula is C16H19NOS. The van der Waals surface area contributed by atoms with Gasteiger partial charge in [0.2, 0.25) is 0 Å². The molecule has 0 bridgehead atoms. The van der Waals surface area contributed by atoms with Crippen LogP contribution in [0.25, 0.3) is 0 Å². The Bertz CT molecular complexity index is 554. The van der Waals surface area contributed by atoms with Crippen molar-refractivity contribution in [3.05, 3.63) is 51.2 Å². The van der Waals surface area contributed by atoms with E-state index >= 15 is 0 Å². The van der Waals surface area contributed by atoms with Gasteiger partial charge >= 0.3 is 0 Å². The molecule has 0 fully saturated rings. The normalized spacial score (nSPS) is 15.3. The summed E-state index contributed by atoms with van der Waals surface area (Å²) >= 11 is 1.95. The van der Waals surface area contributed by atoms with Crippen LogP contribution in [0, 0.1) is 0 Å². The van der Waals surface area contributed by atoms with Crippen molar-refractivity contribution in [1.29, 1.82) is 0 Å². The van der Waals surface area contributed by atoms with Crippen LogP contribution in [-0.4, -0.2) is 14.2 Å². The molecule has 1 aromatic heterocycles. The highest BCUT2D eigenvalue weighted by atomic mass is 32.1. The first kappa shape index (κ1) is 12.7. The van der Waals surface area contributed by atoms with Crippen molar-refractivity contribution < 1.29 is 4.74 Å². The second-order valence-electron chi connectivity index (χ2n) is 4.91. The van der Waals surface area contributed by atoms with Gasteiger partial charge in [-0.15, -0.1) is 11.3 Å². The maximum Gasteiger partial charge on any atom is 0.124 e. The number of ether oxygens (including phenoxy) is 1. The maximum absolute atomic E-state index is 5.49. The number of hydrogen-bond donors (Lipinski definition) is 1. The van der Waals surface area contributed by atoms with Crippen LogP contribution in [0.3, 0.4) is 0 Å². The summed E-state index contributed by atoms with van der Waals surface area (Å²) in [6.45, 7) is 0. The summed E-state index contributed by atoms with van der Waals surface area (Å²) in [6.07, 6.45) is 3.82. The molecule has 0 aliphatic heterocycles. The number of benzene rings is 1. The third kappa shape index (κ3) is 2.28. The minimum Gasteiger partial charge on any atom is -0.496 e. The fraction of sp³-hybridized carbons (Fsp3) is 0.375. The maximum atomic E-state index is 5.49. The first-order valence-electron chi connectivity index (χ1n) is 6.75. The lowest BCUT2D eigenvalue weighted by molar-refractivity contribution is 0.405. The largest absolute Gasteiger partial charge is 0.496 e. The van der Waals surface area contributed by atoms with Crippen molar-refractivity contribution in [2.45, 2.75) is 25.3 Å². The highest BCUT2D eigenvalue weighted by Gasteiger charge is 2.22. The number of para-hydroxylation sites is 1. The van der Waals surface area contributed by atoms with E-state index in [2.05, 4.69) is 23.5 Å². The highest BCUT2D eigenvalue weighted by Crippen LogP contribution is 2.38. The molecule has 1 aliphatic rings. The van der Waals surface area contributed by atoms with E-state index in [9.17, 15) is 0 Å². The van der Waals surface area contributed by atoms with Gasteiger partial charge < -0.3 is 10.1 Å². The summed E-state index contributed by atoms with van der Waals surface area (Å²) in [5.41, 5.74) is 2.77. The first-order chi connectivity index (χ1) is 9.33. The van der Waals surface area contributed by atoms with Crippen LogP contribution in [0.15, 0.2) is 30.3 Å². The standard InChI is InChI=1S/C16H19NOS/c1-17-16(12-7-3-4-8-13(12)18-2)15-10-11-6-5-9-14(11)19-15/h3-4,7-8,10,16-17H,5-6,9H2,1-2H3. The predicted octanol–water partition coefficient (Wildman–Crippen LogP) is 3.55. The SMILES string of the molecule is CNC(c1cc2c(s1)CCC2)c1ccccc1OC. The average molecular weight is 273 g/mol. The number of thiophene rings is 1. The Morgan fingerprint density at radius 1 is 1.26 bits per heavy atom. The number of nitrogens with one attached hydrogen (secondary N) is 1. The Balaban J connectivity index is 1.99. The van der Waals surface area contributed by atoms with Crippen molar-refractivity contribution in [3.8, 4) is 5.75 Å². The van der Waals surface area contributed by atoms with Gasteiger partial charge in [0.1, 0.15) is 5.75 Å². The Morgan fingerprint density at radius 3 is 2.84 bits per heavy atom. The summed E-state index contributed by atoms with van der Waals surface area (Å²) in [7, 11) is 3.75. The quantitative estimate of drug-likeness (QED) is 0.919. The molecule has 0 radical (unpaired) electrons. The molecule has 1 N–H and O–H groups in total. The third-order valence-electron chi connectivity index (χ3n) is 3.79. The zero-order valence-corrected chi connectivity index (χ0v) is 12.2. The van der Waals surface area contributed by atoms with Crippen LogP contribution in [0.5, 0.6) is 5.75 Å². The molecule has 1 aliphatic carbocycles. The van der Waals surface area contributed by atoms with Crippen LogP contribution in [0.2, 0.25) is 0 Å². The molecule has 1 aromatic carbocycles. The molecular weight excluding hydrogens is 254 g/mol. The fourth-order valence-corrected chi connectivity index (χ4v) is 4.24. The Hall–Kier alpha value is -1.32. The van der Waals surface area contributed by atoms with E-state index in [4.69, 9.17) is 4.74 Å². The lowest BCUT2D eigenvalue weighted by atomic mass is 10.0. The molecule has 1 unspecified atom stereocenters. The van der Waals surface area contributed by atoms with Gasteiger partial charge in [-0.1, -0.05) is 18.2 Å². The molecule has 3 heteroatoms. The zero-order valence-electron chi connectivity index (χ0n) is 11.4. The number of aryl methyl sites for hydroxylation is 2. The van der Waals surface area contributed by atoms with E-state index in [0.717, 1.165) is 5.75 Å². The molecule has 0 saturated carbocycles. The smallest absolute Gasteiger partial charge is 0.124 e. The number of fused-ring (bicyclic) bond motifs is 1. The van der Waals surface area contributed by atoms with Crippen LogP contribution in [0.1, 0.15) is 33.3 Å². The van der Waals surface area contributed by atoms with E-state index in [1.54, 1.807) is 17.6 Å². The van der Waals surface area contributed by atoms with Crippen LogP contribution < -0.4 is 10.1 Å². The highest BCUT2D eigenvalue weighted by molar-refractivity contribution is 7.12. The minimum atomic E-state index is 0.228. The van der Waals surface area contributed by atoms with Gasteiger partial charge in [-0.3, -0.25) is 0 Å².